The van der Waals surface area contributed by atoms with E-state index < -0.39 is 4.92 Å². The van der Waals surface area contributed by atoms with E-state index in [1.165, 1.54) is 11.8 Å². The molecule has 2 rings (SSSR count). The van der Waals surface area contributed by atoms with E-state index in [0.717, 1.165) is 5.75 Å². The molecule has 0 bridgehead atoms. The van der Waals surface area contributed by atoms with E-state index in [1.54, 1.807) is 31.4 Å². The minimum atomic E-state index is -0.534. The molecule has 0 aliphatic carbocycles. The first kappa shape index (κ1) is 13.3. The second kappa shape index (κ2) is 6.19. The summed E-state index contributed by atoms with van der Waals surface area (Å²) in [4.78, 5) is 14.4. The number of anilines is 1. The molecule has 0 saturated carbocycles. The van der Waals surface area contributed by atoms with Crippen LogP contribution in [0.15, 0.2) is 34.4 Å². The van der Waals surface area contributed by atoms with Crippen LogP contribution in [0.3, 0.4) is 0 Å². The lowest BCUT2D eigenvalue weighted by Gasteiger charge is -2.00. The Morgan fingerprint density at radius 2 is 2.26 bits per heavy atom. The van der Waals surface area contributed by atoms with Crippen LogP contribution in [-0.4, -0.2) is 35.2 Å². The number of nitrogens with zero attached hydrogens (tertiary/aromatic N) is 3. The Hall–Kier alpha value is -2.09. The zero-order valence-corrected chi connectivity index (χ0v) is 11.0. The fraction of sp³-hybridized carbons (Fsp3) is 0.273. The number of rotatable bonds is 4. The van der Waals surface area contributed by atoms with E-state index >= 15 is 0 Å². The van der Waals surface area contributed by atoms with E-state index in [1.807, 2.05) is 0 Å². The molecule has 0 spiro atoms. The molecule has 0 amide bonds. The summed E-state index contributed by atoms with van der Waals surface area (Å²) in [6, 6.07) is 6.93. The summed E-state index contributed by atoms with van der Waals surface area (Å²) in [5, 5.41) is 15.1. The van der Waals surface area contributed by atoms with Gasteiger partial charge in [0.2, 0.25) is 0 Å². The van der Waals surface area contributed by atoms with Gasteiger partial charge in [-0.2, -0.15) is 5.43 Å². The number of nitro groups is 1. The zero-order chi connectivity index (χ0) is 13.7. The van der Waals surface area contributed by atoms with Crippen LogP contribution in [0.2, 0.25) is 0 Å². The van der Waals surface area contributed by atoms with E-state index in [0.29, 0.717) is 23.0 Å². The second-order valence-electron chi connectivity index (χ2n) is 3.57. The van der Waals surface area contributed by atoms with Crippen LogP contribution in [0.5, 0.6) is 5.75 Å². The number of hydrogen-bond acceptors (Lipinski definition) is 7. The number of amidine groups is 1. The number of methoxy groups -OCH3 is 1. The maximum Gasteiger partial charge on any atom is 0.419 e. The highest BCUT2D eigenvalue weighted by molar-refractivity contribution is 8.16. The van der Waals surface area contributed by atoms with Crippen LogP contribution in [0.1, 0.15) is 0 Å². The maximum absolute atomic E-state index is 10.9. The number of hydrogen-bond donors (Lipinski definition) is 1. The summed E-state index contributed by atoms with van der Waals surface area (Å²) in [5.74, 6) is 1.21. The molecule has 0 atom stereocenters. The van der Waals surface area contributed by atoms with Gasteiger partial charge in [-0.25, -0.2) is 0 Å². The van der Waals surface area contributed by atoms with Gasteiger partial charge < -0.3 is 14.9 Å². The third-order valence-corrected chi connectivity index (χ3v) is 3.30. The molecule has 1 heterocycles. The largest absolute Gasteiger partial charge is 0.497 e. The molecule has 1 aromatic carbocycles. The summed E-state index contributed by atoms with van der Waals surface area (Å²) in [6.45, 7) is 0.593. The molecule has 1 aromatic rings. The average molecular weight is 280 g/mol. The third kappa shape index (κ3) is 3.44. The topological polar surface area (TPSA) is 89.1 Å². The molecule has 1 N–H and O–H groups in total. The van der Waals surface area contributed by atoms with Gasteiger partial charge in [0.05, 0.1) is 24.4 Å². The molecule has 1 aliphatic rings. The summed E-state index contributed by atoms with van der Waals surface area (Å²) in [6.07, 6.45) is 0. The van der Waals surface area contributed by atoms with Crippen LogP contribution < -0.4 is 10.2 Å². The normalized spacial score (nSPS) is 15.0. The number of ether oxygens (including phenoxy) is 1. The molecule has 0 radical (unpaired) electrons. The molecular formula is C11H12N4O3S. The Morgan fingerprint density at radius 1 is 1.53 bits per heavy atom. The first-order chi connectivity index (χ1) is 9.20. The van der Waals surface area contributed by atoms with Crippen molar-refractivity contribution in [2.24, 2.45) is 10.1 Å². The van der Waals surface area contributed by atoms with Crippen LogP contribution in [0.4, 0.5) is 5.69 Å². The van der Waals surface area contributed by atoms with Gasteiger partial charge in [-0.05, 0) is 29.2 Å². The van der Waals surface area contributed by atoms with Gasteiger partial charge in [0, 0.05) is 5.75 Å². The van der Waals surface area contributed by atoms with Gasteiger partial charge in [-0.3, -0.25) is 4.99 Å². The third-order valence-electron chi connectivity index (χ3n) is 2.33. The van der Waals surface area contributed by atoms with Crippen molar-refractivity contribution in [2.75, 3.05) is 24.8 Å². The summed E-state index contributed by atoms with van der Waals surface area (Å²) < 4.78 is 5.02. The maximum atomic E-state index is 10.9. The van der Waals surface area contributed by atoms with Gasteiger partial charge in [-0.15, -0.1) is 0 Å². The van der Waals surface area contributed by atoms with Crippen molar-refractivity contribution in [3.8, 4) is 5.75 Å². The van der Waals surface area contributed by atoms with Crippen molar-refractivity contribution in [3.63, 3.8) is 0 Å². The highest BCUT2D eigenvalue weighted by atomic mass is 32.2. The molecular weight excluding hydrogens is 268 g/mol. The van der Waals surface area contributed by atoms with E-state index in [4.69, 9.17) is 4.74 Å². The minimum Gasteiger partial charge on any atom is -0.497 e. The number of thioether (sulfide) groups is 1. The molecule has 19 heavy (non-hydrogen) atoms. The quantitative estimate of drug-likeness (QED) is 0.393. The molecule has 0 unspecified atom stereocenters. The number of aliphatic imine (C=N–C) groups is 1. The van der Waals surface area contributed by atoms with E-state index in [9.17, 15) is 10.1 Å². The van der Waals surface area contributed by atoms with Gasteiger partial charge in [-0.1, -0.05) is 11.8 Å². The Balaban J connectivity index is 2.11. The second-order valence-corrected chi connectivity index (χ2v) is 4.65. The summed E-state index contributed by atoms with van der Waals surface area (Å²) >= 11 is 1.34. The van der Waals surface area contributed by atoms with Gasteiger partial charge in [0.15, 0.2) is 5.04 Å². The minimum absolute atomic E-state index is 0.252. The predicted molar refractivity (Wildman–Crippen MR) is 75.8 cm³/mol. The van der Waals surface area contributed by atoms with E-state index in [2.05, 4.69) is 15.5 Å². The molecule has 0 saturated heterocycles. The van der Waals surface area contributed by atoms with Crippen molar-refractivity contribution in [1.82, 2.24) is 0 Å². The Kier molecular flexibility index (Phi) is 4.35. The standard InChI is InChI=1S/C11H12N4O3S/c1-18-9-4-2-8(3-5-9)13-14-10(15(16)17)11-12-6-7-19-11/h2-5,13H,6-7H2,1H3/b14-10-. The molecule has 1 aliphatic heterocycles. The van der Waals surface area contributed by atoms with Gasteiger partial charge >= 0.3 is 5.84 Å². The van der Waals surface area contributed by atoms with Crippen LogP contribution in [0.25, 0.3) is 0 Å². The number of nitrogens with one attached hydrogen (secondary N) is 1. The first-order valence-electron chi connectivity index (χ1n) is 5.50. The lowest BCUT2D eigenvalue weighted by atomic mass is 10.3. The van der Waals surface area contributed by atoms with Crippen molar-refractivity contribution >= 4 is 28.3 Å². The molecule has 7 nitrogen and oxygen atoms in total. The van der Waals surface area contributed by atoms with Crippen LogP contribution in [-0.2, 0) is 0 Å². The smallest absolute Gasteiger partial charge is 0.419 e. The number of hydrazone groups is 1. The van der Waals surface area contributed by atoms with Gasteiger partial charge in [0.1, 0.15) is 5.75 Å². The van der Waals surface area contributed by atoms with Crippen LogP contribution in [0, 0.1) is 10.1 Å². The molecule has 100 valence electrons. The van der Waals surface area contributed by atoms with Crippen LogP contribution >= 0.6 is 11.8 Å². The number of benzene rings is 1. The summed E-state index contributed by atoms with van der Waals surface area (Å²) in [7, 11) is 1.57. The molecule has 0 aromatic heterocycles. The van der Waals surface area contributed by atoms with Crippen molar-refractivity contribution < 1.29 is 9.66 Å². The predicted octanol–water partition coefficient (Wildman–Crippen LogP) is 1.84. The average Bonchev–Trinajstić information content (AvgIpc) is 2.93. The van der Waals surface area contributed by atoms with Crippen molar-refractivity contribution in [2.45, 2.75) is 0 Å². The fourth-order valence-corrected chi connectivity index (χ4v) is 2.23. The lowest BCUT2D eigenvalue weighted by Crippen LogP contribution is -2.21. The zero-order valence-electron chi connectivity index (χ0n) is 10.2. The molecule has 8 heteroatoms. The summed E-state index contributed by atoms with van der Waals surface area (Å²) in [5.41, 5.74) is 3.29. The highest BCUT2D eigenvalue weighted by Crippen LogP contribution is 2.16. The Bertz CT molecular complexity index is 527. The Labute approximate surface area is 113 Å². The molecule has 0 fully saturated rings. The van der Waals surface area contributed by atoms with Crippen molar-refractivity contribution in [1.29, 1.82) is 0 Å². The first-order valence-corrected chi connectivity index (χ1v) is 6.49. The fourth-order valence-electron chi connectivity index (χ4n) is 1.42. The van der Waals surface area contributed by atoms with E-state index in [-0.39, 0.29) is 5.84 Å². The monoisotopic (exact) mass is 280 g/mol. The van der Waals surface area contributed by atoms with Crippen molar-refractivity contribution in [3.05, 3.63) is 34.4 Å². The highest BCUT2D eigenvalue weighted by Gasteiger charge is 2.25. The lowest BCUT2D eigenvalue weighted by molar-refractivity contribution is -0.345. The van der Waals surface area contributed by atoms with Gasteiger partial charge in [0.25, 0.3) is 0 Å². The Morgan fingerprint density at radius 3 is 2.79 bits per heavy atom. The SMILES string of the molecule is COc1ccc(N/N=C(/C2=NCCS2)[N+](=O)[O-])cc1.